The second-order valence-corrected chi connectivity index (χ2v) is 6.67. The van der Waals surface area contributed by atoms with Crippen LogP contribution >= 0.6 is 0 Å². The van der Waals surface area contributed by atoms with E-state index in [1.54, 1.807) is 26.8 Å². The molecule has 1 N–H and O–H groups in total. The van der Waals surface area contributed by atoms with Crippen molar-refractivity contribution in [2.45, 2.75) is 40.5 Å². The average Bonchev–Trinajstić information content (AvgIpc) is 2.93. The molecule has 0 unspecified atom stereocenters. The molecule has 1 aromatic carbocycles. The topological polar surface area (TPSA) is 83.0 Å². The van der Waals surface area contributed by atoms with Gasteiger partial charge in [-0.2, -0.15) is 5.26 Å². The maximum atomic E-state index is 13.0. The number of allylic oxidation sites excluding steroid dienone is 1. The van der Waals surface area contributed by atoms with Crippen LogP contribution in [-0.2, 0) is 4.74 Å². The number of esters is 1. The summed E-state index contributed by atoms with van der Waals surface area (Å²) >= 11 is 0. The third kappa shape index (κ3) is 4.35. The number of aryl methyl sites for hydroxylation is 2. The SMILES string of the molecule is CCOC(=O)c1c(C)[nH]c(C)c1C(=O)/C(C#N)=C/c1ccc(C(C)C)cc1. The molecule has 0 spiro atoms. The van der Waals surface area contributed by atoms with Gasteiger partial charge in [0.25, 0.3) is 0 Å². The molecule has 2 aromatic rings. The highest BCUT2D eigenvalue weighted by molar-refractivity contribution is 6.19. The van der Waals surface area contributed by atoms with E-state index in [0.29, 0.717) is 17.3 Å². The zero-order valence-electron chi connectivity index (χ0n) is 16.3. The average molecular weight is 364 g/mol. The predicted octanol–water partition coefficient (Wildman–Crippen LogP) is 4.72. The molecule has 1 aromatic heterocycles. The molecule has 5 nitrogen and oxygen atoms in total. The summed E-state index contributed by atoms with van der Waals surface area (Å²) in [7, 11) is 0. The highest BCUT2D eigenvalue weighted by Crippen LogP contribution is 2.24. The van der Waals surface area contributed by atoms with Crippen LogP contribution < -0.4 is 0 Å². The summed E-state index contributed by atoms with van der Waals surface area (Å²) in [4.78, 5) is 28.3. The zero-order valence-corrected chi connectivity index (χ0v) is 16.3. The van der Waals surface area contributed by atoms with Gasteiger partial charge >= 0.3 is 5.97 Å². The summed E-state index contributed by atoms with van der Waals surface area (Å²) in [6, 6.07) is 9.67. The van der Waals surface area contributed by atoms with Crippen molar-refractivity contribution in [1.29, 1.82) is 5.26 Å². The summed E-state index contributed by atoms with van der Waals surface area (Å²) in [6.07, 6.45) is 1.54. The standard InChI is InChI=1S/C22H24N2O3/c1-6-27-22(26)20-15(5)24-14(4)19(20)21(25)18(12-23)11-16-7-9-17(10-8-16)13(2)3/h7-11,13,24H,6H2,1-5H3/b18-11+. The van der Waals surface area contributed by atoms with Gasteiger partial charge < -0.3 is 9.72 Å². The Kier molecular flexibility index (Phi) is 6.36. The minimum absolute atomic E-state index is 0.0278. The fourth-order valence-electron chi connectivity index (χ4n) is 2.95. The van der Waals surface area contributed by atoms with Gasteiger partial charge in [-0.15, -0.1) is 0 Å². The number of carbonyl (C=O) groups excluding carboxylic acids is 2. The first-order valence-electron chi connectivity index (χ1n) is 8.92. The third-order valence-corrected chi connectivity index (χ3v) is 4.36. The number of benzene rings is 1. The summed E-state index contributed by atoms with van der Waals surface area (Å²) in [5.41, 5.74) is 3.38. The number of rotatable bonds is 6. The van der Waals surface area contributed by atoms with E-state index >= 15 is 0 Å². The summed E-state index contributed by atoms with van der Waals surface area (Å²) in [5, 5.41) is 9.53. The van der Waals surface area contributed by atoms with Crippen molar-refractivity contribution in [3.8, 4) is 6.07 Å². The Balaban J connectivity index is 2.46. The van der Waals surface area contributed by atoms with E-state index in [1.165, 1.54) is 5.56 Å². The van der Waals surface area contributed by atoms with E-state index in [2.05, 4.69) is 18.8 Å². The lowest BCUT2D eigenvalue weighted by molar-refractivity contribution is 0.0523. The first-order chi connectivity index (χ1) is 12.8. The van der Waals surface area contributed by atoms with Crippen LogP contribution in [0.5, 0.6) is 0 Å². The number of hydrogen-bond acceptors (Lipinski definition) is 4. The van der Waals surface area contributed by atoms with Crippen molar-refractivity contribution >= 4 is 17.8 Å². The van der Waals surface area contributed by atoms with E-state index < -0.39 is 11.8 Å². The van der Waals surface area contributed by atoms with Gasteiger partial charge in [0.15, 0.2) is 0 Å². The number of H-pyrrole nitrogens is 1. The van der Waals surface area contributed by atoms with Crippen molar-refractivity contribution in [3.63, 3.8) is 0 Å². The van der Waals surface area contributed by atoms with Crippen molar-refractivity contribution in [2.75, 3.05) is 6.61 Å². The van der Waals surface area contributed by atoms with E-state index in [0.717, 1.165) is 5.56 Å². The number of carbonyl (C=O) groups is 2. The lowest BCUT2D eigenvalue weighted by Crippen LogP contribution is -2.13. The number of aromatic nitrogens is 1. The van der Waals surface area contributed by atoms with Crippen LogP contribution in [0.1, 0.15) is 69.9 Å². The Labute approximate surface area is 159 Å². The quantitative estimate of drug-likeness (QED) is 0.348. The molecule has 0 bridgehead atoms. The molecule has 27 heavy (non-hydrogen) atoms. The first-order valence-corrected chi connectivity index (χ1v) is 8.92. The van der Waals surface area contributed by atoms with Gasteiger partial charge in [0.1, 0.15) is 11.6 Å². The first kappa shape index (κ1) is 20.2. The maximum Gasteiger partial charge on any atom is 0.340 e. The molecule has 0 aliphatic heterocycles. The third-order valence-electron chi connectivity index (χ3n) is 4.36. The lowest BCUT2D eigenvalue weighted by atomic mass is 9.97. The maximum absolute atomic E-state index is 13.0. The van der Waals surface area contributed by atoms with Gasteiger partial charge in [-0.3, -0.25) is 4.79 Å². The van der Waals surface area contributed by atoms with Gasteiger partial charge in [0.2, 0.25) is 5.78 Å². The highest BCUT2D eigenvalue weighted by atomic mass is 16.5. The second-order valence-electron chi connectivity index (χ2n) is 6.67. The fourth-order valence-corrected chi connectivity index (χ4v) is 2.95. The molecule has 0 aliphatic rings. The summed E-state index contributed by atoms with van der Waals surface area (Å²) < 4.78 is 5.07. The van der Waals surface area contributed by atoms with Crippen LogP contribution in [0.25, 0.3) is 6.08 Å². The Bertz CT molecular complexity index is 926. The second kappa shape index (κ2) is 8.50. The van der Waals surface area contributed by atoms with Crippen LogP contribution in [0.4, 0.5) is 0 Å². The van der Waals surface area contributed by atoms with Gasteiger partial charge in [0.05, 0.1) is 17.7 Å². The van der Waals surface area contributed by atoms with E-state index in [4.69, 9.17) is 4.74 Å². The number of nitrogens with one attached hydrogen (secondary N) is 1. The number of Topliss-reactive ketones (excluding diaryl/α,β-unsaturated/α-hetero) is 1. The zero-order chi connectivity index (χ0) is 20.1. The van der Waals surface area contributed by atoms with Gasteiger partial charge in [-0.1, -0.05) is 38.1 Å². The molecule has 0 fully saturated rings. The predicted molar refractivity (Wildman–Crippen MR) is 105 cm³/mol. The summed E-state index contributed by atoms with van der Waals surface area (Å²) in [5.74, 6) is -0.658. The summed E-state index contributed by atoms with van der Waals surface area (Å²) in [6.45, 7) is 9.52. The van der Waals surface area contributed by atoms with Crippen molar-refractivity contribution in [1.82, 2.24) is 4.98 Å². The smallest absolute Gasteiger partial charge is 0.340 e. The number of ketones is 1. The van der Waals surface area contributed by atoms with Crippen LogP contribution in [0.2, 0.25) is 0 Å². The molecule has 0 amide bonds. The molecule has 0 aliphatic carbocycles. The van der Waals surface area contributed by atoms with E-state index in [-0.39, 0.29) is 23.3 Å². The molecule has 5 heteroatoms. The van der Waals surface area contributed by atoms with Crippen molar-refractivity contribution in [2.24, 2.45) is 0 Å². The molecule has 0 radical (unpaired) electrons. The highest BCUT2D eigenvalue weighted by Gasteiger charge is 2.27. The normalized spacial score (nSPS) is 11.4. The van der Waals surface area contributed by atoms with Crippen LogP contribution in [0.3, 0.4) is 0 Å². The molecule has 0 saturated heterocycles. The molecule has 0 atom stereocenters. The largest absolute Gasteiger partial charge is 0.462 e. The minimum Gasteiger partial charge on any atom is -0.462 e. The van der Waals surface area contributed by atoms with Gasteiger partial charge in [0, 0.05) is 11.4 Å². The van der Waals surface area contributed by atoms with E-state index in [9.17, 15) is 14.9 Å². The van der Waals surface area contributed by atoms with Gasteiger partial charge in [-0.05, 0) is 43.9 Å². The fraction of sp³-hybridized carbons (Fsp3) is 0.318. The number of aromatic amines is 1. The molecule has 0 saturated carbocycles. The van der Waals surface area contributed by atoms with Crippen molar-refractivity contribution < 1.29 is 14.3 Å². The Morgan fingerprint density at radius 1 is 1.15 bits per heavy atom. The molecule has 140 valence electrons. The Morgan fingerprint density at radius 3 is 2.26 bits per heavy atom. The van der Waals surface area contributed by atoms with E-state index in [1.807, 2.05) is 30.3 Å². The lowest BCUT2D eigenvalue weighted by Gasteiger charge is -2.06. The number of hydrogen-bond donors (Lipinski definition) is 1. The molecule has 1 heterocycles. The van der Waals surface area contributed by atoms with Gasteiger partial charge in [-0.25, -0.2) is 4.79 Å². The minimum atomic E-state index is -0.568. The number of nitriles is 1. The Hall–Kier alpha value is -3.13. The Morgan fingerprint density at radius 2 is 1.74 bits per heavy atom. The van der Waals surface area contributed by atoms with Crippen LogP contribution in [-0.4, -0.2) is 23.3 Å². The monoisotopic (exact) mass is 364 g/mol. The molecular formula is C22H24N2O3. The molecule has 2 rings (SSSR count). The number of nitrogens with zero attached hydrogens (tertiary/aromatic N) is 1. The van der Waals surface area contributed by atoms with Crippen molar-refractivity contribution in [3.05, 3.63) is 63.5 Å². The number of ether oxygens (including phenoxy) is 1. The molecular weight excluding hydrogens is 340 g/mol. The van der Waals surface area contributed by atoms with Crippen LogP contribution in [0, 0.1) is 25.2 Å². The van der Waals surface area contributed by atoms with Crippen LogP contribution in [0.15, 0.2) is 29.8 Å².